The highest BCUT2D eigenvalue weighted by Gasteiger charge is 2.25. The van der Waals surface area contributed by atoms with Crippen LogP contribution in [0.15, 0.2) is 48.5 Å². The molecule has 158 valence electrons. The number of amides is 3. The Morgan fingerprint density at radius 1 is 0.933 bits per heavy atom. The summed E-state index contributed by atoms with van der Waals surface area (Å²) in [7, 11) is 0. The maximum atomic E-state index is 12.6. The Morgan fingerprint density at radius 3 is 2.07 bits per heavy atom. The van der Waals surface area contributed by atoms with E-state index in [-0.39, 0.29) is 28.5 Å². The number of nitrogens with one attached hydrogen (secondary N) is 2. The SMILES string of the molecule is CC(C)C(=O)Nc1ccc(NC(=O)N2CCN(c3ccccc3[N+](=O)[O-])CC2)cc1. The molecule has 1 heterocycles. The lowest BCUT2D eigenvalue weighted by molar-refractivity contribution is -0.384. The Hall–Kier alpha value is -3.62. The minimum atomic E-state index is -0.387. The molecule has 30 heavy (non-hydrogen) atoms. The van der Waals surface area contributed by atoms with Gasteiger partial charge in [-0.25, -0.2) is 4.79 Å². The summed E-state index contributed by atoms with van der Waals surface area (Å²) < 4.78 is 0. The van der Waals surface area contributed by atoms with Gasteiger partial charge in [0.2, 0.25) is 5.91 Å². The first kappa shape index (κ1) is 21.1. The van der Waals surface area contributed by atoms with Gasteiger partial charge in [0.05, 0.1) is 4.92 Å². The molecule has 0 radical (unpaired) electrons. The third kappa shape index (κ3) is 5.05. The Bertz CT molecular complexity index is 921. The van der Waals surface area contributed by atoms with Gasteiger partial charge in [-0.2, -0.15) is 0 Å². The van der Waals surface area contributed by atoms with Crippen molar-refractivity contribution in [2.75, 3.05) is 41.7 Å². The second-order valence-corrected chi connectivity index (χ2v) is 7.37. The second-order valence-electron chi connectivity index (χ2n) is 7.37. The summed E-state index contributed by atoms with van der Waals surface area (Å²) in [6.07, 6.45) is 0. The quantitative estimate of drug-likeness (QED) is 0.578. The van der Waals surface area contributed by atoms with Crippen LogP contribution in [0.4, 0.5) is 27.5 Å². The topological polar surface area (TPSA) is 108 Å². The van der Waals surface area contributed by atoms with Crippen molar-refractivity contribution in [2.45, 2.75) is 13.8 Å². The van der Waals surface area contributed by atoms with Crippen LogP contribution in [0.3, 0.4) is 0 Å². The molecule has 3 amide bonds. The van der Waals surface area contributed by atoms with Crippen molar-refractivity contribution < 1.29 is 14.5 Å². The number of urea groups is 1. The first-order chi connectivity index (χ1) is 14.3. The van der Waals surface area contributed by atoms with Crippen molar-refractivity contribution in [2.24, 2.45) is 5.92 Å². The molecule has 2 aromatic carbocycles. The summed E-state index contributed by atoms with van der Waals surface area (Å²) in [6, 6.07) is 13.4. The summed E-state index contributed by atoms with van der Waals surface area (Å²) in [6.45, 7) is 5.58. The van der Waals surface area contributed by atoms with E-state index in [2.05, 4.69) is 10.6 Å². The summed E-state index contributed by atoms with van der Waals surface area (Å²) in [5.74, 6) is -0.177. The zero-order chi connectivity index (χ0) is 21.7. The van der Waals surface area contributed by atoms with Crippen LogP contribution in [0, 0.1) is 16.0 Å². The van der Waals surface area contributed by atoms with Gasteiger partial charge in [0.1, 0.15) is 5.69 Å². The van der Waals surface area contributed by atoms with E-state index in [1.54, 1.807) is 47.4 Å². The number of hydrogen-bond donors (Lipinski definition) is 2. The van der Waals surface area contributed by atoms with Crippen LogP contribution >= 0.6 is 0 Å². The molecule has 2 aromatic rings. The van der Waals surface area contributed by atoms with E-state index in [0.29, 0.717) is 43.2 Å². The minimum Gasteiger partial charge on any atom is -0.362 e. The van der Waals surface area contributed by atoms with E-state index in [4.69, 9.17) is 0 Å². The first-order valence-electron chi connectivity index (χ1n) is 9.80. The number of carbonyl (C=O) groups is 2. The second kappa shape index (κ2) is 9.25. The highest BCUT2D eigenvalue weighted by molar-refractivity contribution is 5.93. The molecule has 0 atom stereocenters. The van der Waals surface area contributed by atoms with E-state index in [9.17, 15) is 19.7 Å². The van der Waals surface area contributed by atoms with Gasteiger partial charge in [0.25, 0.3) is 5.69 Å². The van der Waals surface area contributed by atoms with Crippen molar-refractivity contribution in [3.63, 3.8) is 0 Å². The maximum absolute atomic E-state index is 12.6. The van der Waals surface area contributed by atoms with Gasteiger partial charge in [-0.05, 0) is 30.3 Å². The Labute approximate surface area is 174 Å². The van der Waals surface area contributed by atoms with Crippen LogP contribution in [-0.2, 0) is 4.79 Å². The van der Waals surface area contributed by atoms with Crippen molar-refractivity contribution in [3.05, 3.63) is 58.6 Å². The zero-order valence-electron chi connectivity index (χ0n) is 17.0. The zero-order valence-corrected chi connectivity index (χ0v) is 17.0. The molecule has 9 nitrogen and oxygen atoms in total. The molecule has 1 aliphatic rings. The fourth-order valence-corrected chi connectivity index (χ4v) is 3.16. The number of benzene rings is 2. The average molecular weight is 411 g/mol. The first-order valence-corrected chi connectivity index (χ1v) is 9.80. The Balaban J connectivity index is 1.55. The van der Waals surface area contributed by atoms with Gasteiger partial charge in [-0.3, -0.25) is 14.9 Å². The molecule has 0 unspecified atom stereocenters. The number of hydrogen-bond acceptors (Lipinski definition) is 5. The van der Waals surface area contributed by atoms with Gasteiger partial charge < -0.3 is 20.4 Å². The number of anilines is 3. The summed E-state index contributed by atoms with van der Waals surface area (Å²) in [5.41, 5.74) is 1.94. The predicted octanol–water partition coefficient (Wildman–Crippen LogP) is 3.54. The number of nitro groups is 1. The molecule has 2 N–H and O–H groups in total. The monoisotopic (exact) mass is 411 g/mol. The Morgan fingerprint density at radius 2 is 1.50 bits per heavy atom. The molecular weight excluding hydrogens is 386 g/mol. The average Bonchev–Trinajstić information content (AvgIpc) is 2.75. The summed E-state index contributed by atoms with van der Waals surface area (Å²) in [4.78, 5) is 38.8. The van der Waals surface area contributed by atoms with Crippen molar-refractivity contribution in [1.29, 1.82) is 0 Å². The number of piperazine rings is 1. The predicted molar refractivity (Wildman–Crippen MR) is 116 cm³/mol. The molecular formula is C21H25N5O4. The summed E-state index contributed by atoms with van der Waals surface area (Å²) in [5, 5.41) is 16.9. The molecule has 0 saturated carbocycles. The number of para-hydroxylation sites is 2. The van der Waals surface area contributed by atoms with E-state index in [1.807, 2.05) is 18.7 Å². The Kier molecular flexibility index (Phi) is 6.51. The van der Waals surface area contributed by atoms with Crippen LogP contribution < -0.4 is 15.5 Å². The lowest BCUT2D eigenvalue weighted by Gasteiger charge is -2.35. The van der Waals surface area contributed by atoms with Gasteiger partial charge in [-0.1, -0.05) is 26.0 Å². The molecule has 0 spiro atoms. The fraction of sp³-hybridized carbons (Fsp3) is 0.333. The largest absolute Gasteiger partial charge is 0.362 e. The molecule has 0 aromatic heterocycles. The molecule has 3 rings (SSSR count). The van der Waals surface area contributed by atoms with Gasteiger partial charge >= 0.3 is 6.03 Å². The smallest absolute Gasteiger partial charge is 0.321 e. The number of nitro benzene ring substituents is 1. The van der Waals surface area contributed by atoms with Crippen LogP contribution in [0.25, 0.3) is 0 Å². The lowest BCUT2D eigenvalue weighted by atomic mass is 10.2. The van der Waals surface area contributed by atoms with Gasteiger partial charge in [0.15, 0.2) is 0 Å². The highest BCUT2D eigenvalue weighted by Crippen LogP contribution is 2.28. The standard InChI is InChI=1S/C21H25N5O4/c1-15(2)20(27)22-16-7-9-17(10-8-16)23-21(28)25-13-11-24(12-14-25)18-5-3-4-6-19(18)26(29)30/h3-10,15H,11-14H2,1-2H3,(H,22,27)(H,23,28). The third-order valence-electron chi connectivity index (χ3n) is 4.91. The highest BCUT2D eigenvalue weighted by atomic mass is 16.6. The van der Waals surface area contributed by atoms with Crippen molar-refractivity contribution >= 4 is 34.7 Å². The number of nitrogens with zero attached hydrogens (tertiary/aromatic N) is 3. The van der Waals surface area contributed by atoms with Gasteiger partial charge in [0, 0.05) is 49.5 Å². The van der Waals surface area contributed by atoms with Crippen molar-refractivity contribution in [1.82, 2.24) is 4.90 Å². The van der Waals surface area contributed by atoms with E-state index in [0.717, 1.165) is 0 Å². The molecule has 1 saturated heterocycles. The molecule has 1 fully saturated rings. The van der Waals surface area contributed by atoms with Gasteiger partial charge in [-0.15, -0.1) is 0 Å². The molecule has 0 bridgehead atoms. The normalized spacial score (nSPS) is 13.8. The van der Waals surface area contributed by atoms with Crippen LogP contribution in [0.5, 0.6) is 0 Å². The fourth-order valence-electron chi connectivity index (χ4n) is 3.16. The minimum absolute atomic E-state index is 0.0664. The molecule has 1 aliphatic heterocycles. The maximum Gasteiger partial charge on any atom is 0.321 e. The van der Waals surface area contributed by atoms with Crippen LogP contribution in [0.1, 0.15) is 13.8 Å². The van der Waals surface area contributed by atoms with Crippen molar-refractivity contribution in [3.8, 4) is 0 Å². The van der Waals surface area contributed by atoms with E-state index >= 15 is 0 Å². The van der Waals surface area contributed by atoms with E-state index < -0.39 is 0 Å². The molecule has 9 heteroatoms. The number of rotatable bonds is 5. The number of carbonyl (C=O) groups excluding carboxylic acids is 2. The third-order valence-corrected chi connectivity index (χ3v) is 4.91. The molecule has 0 aliphatic carbocycles. The summed E-state index contributed by atoms with van der Waals surface area (Å²) >= 11 is 0. The van der Waals surface area contributed by atoms with E-state index in [1.165, 1.54) is 6.07 Å². The van der Waals surface area contributed by atoms with Crippen LogP contribution in [0.2, 0.25) is 0 Å². The van der Waals surface area contributed by atoms with Crippen LogP contribution in [-0.4, -0.2) is 47.9 Å². The lowest BCUT2D eigenvalue weighted by Crippen LogP contribution is -2.50.